The van der Waals surface area contributed by atoms with Crippen LogP contribution < -0.4 is 36.1 Å². The Balaban J connectivity index is 1.67. The molecule has 0 spiro atoms. The molecule has 0 aliphatic carbocycles. The van der Waals surface area contributed by atoms with Crippen LogP contribution in [0.1, 0.15) is 123 Å². The first-order chi connectivity index (χ1) is 38.7. The standard InChI is InChI=1S/C60H73ClN6O16/c1-33(48(68)54(74)78-13)63-51(71)44-31-35-17-27-45(79-56(76)82-59(6,7)8)41(30-35)42-32-39(24-28-46(42)80-57(77)83-60(9,10)11)47(52(72)64-34(2)49(69)66-44)67(12)53(73)43(16-14-15-29-62-55(75)81-58(3,4)5)65-50(70)38-20-18-36(19-21-38)37-22-25-40(61)26-23-37/h17-28,30,32-34,43-44,47H,14-16,29,31H2,1-13H3,(H,62,75)(H,63,71)(H,64,72)(H,65,70)(H,66,69)/t33-,34-,43-,44-,47-/m0/s1. The van der Waals surface area contributed by atoms with Crippen molar-refractivity contribution in [1.29, 1.82) is 0 Å². The molecule has 0 fully saturated rings. The maximum Gasteiger partial charge on any atom is 0.514 e. The molecule has 5 atom stereocenters. The molecule has 6 amide bonds. The highest BCUT2D eigenvalue weighted by Gasteiger charge is 2.37. The lowest BCUT2D eigenvalue weighted by atomic mass is 9.93. The van der Waals surface area contributed by atoms with Gasteiger partial charge in [-0.05, 0) is 166 Å². The summed E-state index contributed by atoms with van der Waals surface area (Å²) in [5, 5.41) is 13.8. The third-order valence-corrected chi connectivity index (χ3v) is 12.5. The number of nitrogens with one attached hydrogen (secondary N) is 5. The monoisotopic (exact) mass is 1170 g/mol. The minimum atomic E-state index is -1.68. The van der Waals surface area contributed by atoms with Gasteiger partial charge in [-0.2, -0.15) is 0 Å². The first-order valence-electron chi connectivity index (χ1n) is 26.7. The Labute approximate surface area is 487 Å². The molecule has 0 saturated heterocycles. The average molecular weight is 1170 g/mol. The topological polar surface area (TPSA) is 289 Å². The number of rotatable bonds is 16. The van der Waals surface area contributed by atoms with Gasteiger partial charge in [0, 0.05) is 41.7 Å². The van der Waals surface area contributed by atoms with Crippen molar-refractivity contribution in [2.24, 2.45) is 0 Å². The zero-order chi connectivity index (χ0) is 61.7. The number of fused-ring (bicyclic) bond motifs is 5. The Morgan fingerprint density at radius 2 is 1.23 bits per heavy atom. The van der Waals surface area contributed by atoms with Crippen LogP contribution in [0.2, 0.25) is 5.02 Å². The molecule has 0 radical (unpaired) electrons. The second-order valence-electron chi connectivity index (χ2n) is 22.7. The Morgan fingerprint density at radius 3 is 1.78 bits per heavy atom. The maximum atomic E-state index is 15.3. The first-order valence-corrected chi connectivity index (χ1v) is 27.1. The number of carbonyl (C=O) groups excluding carboxylic acids is 10. The molecule has 83 heavy (non-hydrogen) atoms. The number of likely N-dealkylation sites (N-methyl/N-ethyl adjacent to an activating group) is 1. The van der Waals surface area contributed by atoms with E-state index < -0.39 is 107 Å². The molecule has 1 heterocycles. The van der Waals surface area contributed by atoms with Gasteiger partial charge in [-0.1, -0.05) is 48.0 Å². The molecule has 1 aliphatic rings. The molecule has 0 saturated carbocycles. The Bertz CT molecular complexity index is 3070. The summed E-state index contributed by atoms with van der Waals surface area (Å²) < 4.78 is 32.6. The molecule has 4 aromatic rings. The van der Waals surface area contributed by atoms with E-state index in [1.54, 1.807) is 98.7 Å². The van der Waals surface area contributed by atoms with E-state index in [-0.39, 0.29) is 65.1 Å². The van der Waals surface area contributed by atoms with Crippen molar-refractivity contribution in [3.05, 3.63) is 107 Å². The molecular formula is C60H73ClN6O16. The largest absolute Gasteiger partial charge is 0.514 e. The minimum Gasteiger partial charge on any atom is -0.463 e. The average Bonchev–Trinajstić information content (AvgIpc) is 3.52. The van der Waals surface area contributed by atoms with Gasteiger partial charge in [-0.25, -0.2) is 19.2 Å². The number of methoxy groups -OCH3 is 1. The van der Waals surface area contributed by atoms with Crippen molar-refractivity contribution < 1.29 is 76.4 Å². The van der Waals surface area contributed by atoms with Gasteiger partial charge in [-0.3, -0.25) is 28.8 Å². The lowest BCUT2D eigenvalue weighted by Crippen LogP contribution is -2.57. The van der Waals surface area contributed by atoms with Crippen LogP contribution in [-0.2, 0) is 54.1 Å². The molecular weight excluding hydrogens is 1100 g/mol. The van der Waals surface area contributed by atoms with Gasteiger partial charge >= 0.3 is 24.4 Å². The van der Waals surface area contributed by atoms with Crippen LogP contribution >= 0.6 is 11.6 Å². The number of nitrogens with zero attached hydrogens (tertiary/aromatic N) is 1. The fourth-order valence-electron chi connectivity index (χ4n) is 8.36. The fourth-order valence-corrected chi connectivity index (χ4v) is 8.48. The predicted molar refractivity (Wildman–Crippen MR) is 305 cm³/mol. The summed E-state index contributed by atoms with van der Waals surface area (Å²) in [6.45, 7) is 17.5. The molecule has 1 aliphatic heterocycles. The number of benzene rings is 4. The van der Waals surface area contributed by atoms with Gasteiger partial charge in [0.25, 0.3) is 11.7 Å². The molecule has 446 valence electrons. The van der Waals surface area contributed by atoms with E-state index >= 15 is 9.59 Å². The highest BCUT2D eigenvalue weighted by Crippen LogP contribution is 2.41. The van der Waals surface area contributed by atoms with E-state index in [4.69, 9.17) is 35.3 Å². The third kappa shape index (κ3) is 19.6. The van der Waals surface area contributed by atoms with Crippen LogP contribution in [0.5, 0.6) is 11.5 Å². The molecule has 0 aromatic heterocycles. The van der Waals surface area contributed by atoms with Gasteiger partial charge in [-0.15, -0.1) is 0 Å². The van der Waals surface area contributed by atoms with Crippen LogP contribution in [-0.4, -0.2) is 126 Å². The van der Waals surface area contributed by atoms with Crippen LogP contribution in [0.25, 0.3) is 22.3 Å². The molecule has 4 bridgehead atoms. The Hall–Kier alpha value is -8.53. The van der Waals surface area contributed by atoms with Crippen LogP contribution in [0.4, 0.5) is 14.4 Å². The lowest BCUT2D eigenvalue weighted by Gasteiger charge is -2.33. The molecule has 22 nitrogen and oxygen atoms in total. The van der Waals surface area contributed by atoms with Crippen molar-refractivity contribution in [3.63, 3.8) is 0 Å². The lowest BCUT2D eigenvalue weighted by molar-refractivity contribution is -0.152. The Morgan fingerprint density at radius 1 is 0.687 bits per heavy atom. The predicted octanol–water partition coefficient (Wildman–Crippen LogP) is 8.09. The Kier molecular flexibility index (Phi) is 22.0. The number of ketones is 1. The van der Waals surface area contributed by atoms with Crippen LogP contribution in [0.3, 0.4) is 0 Å². The number of hydrogen-bond acceptors (Lipinski definition) is 16. The molecule has 4 aromatic carbocycles. The number of esters is 1. The van der Waals surface area contributed by atoms with Crippen molar-refractivity contribution >= 4 is 71.3 Å². The van der Waals surface area contributed by atoms with E-state index in [9.17, 15) is 38.4 Å². The third-order valence-electron chi connectivity index (χ3n) is 12.3. The summed E-state index contributed by atoms with van der Waals surface area (Å²) in [5.74, 6) is -6.92. The van der Waals surface area contributed by atoms with Gasteiger partial charge < -0.3 is 59.9 Å². The minimum absolute atomic E-state index is 0.000679. The van der Waals surface area contributed by atoms with E-state index in [1.165, 1.54) is 57.3 Å². The summed E-state index contributed by atoms with van der Waals surface area (Å²) in [7, 11) is 2.30. The number of amides is 6. The van der Waals surface area contributed by atoms with E-state index in [2.05, 4.69) is 31.3 Å². The van der Waals surface area contributed by atoms with Gasteiger partial charge in [0.1, 0.15) is 52.5 Å². The van der Waals surface area contributed by atoms with Crippen molar-refractivity contribution in [2.75, 3.05) is 20.7 Å². The number of hydrogen-bond donors (Lipinski definition) is 5. The number of carbonyl (C=O) groups is 10. The van der Waals surface area contributed by atoms with Crippen LogP contribution in [0.15, 0.2) is 84.9 Å². The molecule has 23 heteroatoms. The highest BCUT2D eigenvalue weighted by molar-refractivity contribution is 6.36. The molecule has 0 unspecified atom stereocenters. The van der Waals surface area contributed by atoms with E-state index in [0.717, 1.165) is 23.1 Å². The van der Waals surface area contributed by atoms with Crippen molar-refractivity contribution in [2.45, 2.75) is 149 Å². The second-order valence-corrected chi connectivity index (χ2v) is 23.1. The van der Waals surface area contributed by atoms with Gasteiger partial charge in [0.15, 0.2) is 0 Å². The van der Waals surface area contributed by atoms with Crippen molar-refractivity contribution in [1.82, 2.24) is 31.5 Å². The maximum absolute atomic E-state index is 15.3. The fraction of sp³-hybridized carbons (Fsp3) is 0.433. The number of alkyl carbamates (subject to hydrolysis) is 1. The smallest absolute Gasteiger partial charge is 0.463 e. The first kappa shape index (κ1) is 65.3. The van der Waals surface area contributed by atoms with Crippen molar-refractivity contribution in [3.8, 4) is 33.8 Å². The quantitative estimate of drug-likeness (QED) is 0.0233. The summed E-state index contributed by atoms with van der Waals surface area (Å²) >= 11 is 6.11. The number of Topliss-reactive ketones (excluding diaryl/α,β-unsaturated/α-hetero) is 1. The number of halogens is 1. The normalized spacial score (nSPS) is 16.1. The summed E-state index contributed by atoms with van der Waals surface area (Å²) in [6.07, 6.45) is -2.72. The summed E-state index contributed by atoms with van der Waals surface area (Å²) in [4.78, 5) is 138. The number of ether oxygens (including phenoxy) is 6. The summed E-state index contributed by atoms with van der Waals surface area (Å²) in [6, 6.07) is 14.7. The zero-order valence-electron chi connectivity index (χ0n) is 48.9. The van der Waals surface area contributed by atoms with Gasteiger partial charge in [0.2, 0.25) is 23.6 Å². The molecule has 5 rings (SSSR count). The van der Waals surface area contributed by atoms with Gasteiger partial charge in [0.05, 0.1) is 13.2 Å². The van der Waals surface area contributed by atoms with E-state index in [1.807, 2.05) is 12.1 Å². The SMILES string of the molecule is COC(=O)C(=O)[C@H](C)NC(=O)[C@@H]1Cc2ccc(OC(=O)OC(C)(C)C)c(c2)-c2cc(ccc2OC(=O)OC(C)(C)C)[C@H](N(C)C(=O)[C@H](CCCCNC(=O)OC(C)(C)C)NC(=O)c2ccc(-c3ccc(Cl)cc3)cc2)C(=O)N[C@@H](C)C(=O)N1. The van der Waals surface area contributed by atoms with E-state index in [0.29, 0.717) is 11.4 Å². The number of unbranched alkanes of at least 4 members (excludes halogenated alkanes) is 1. The zero-order valence-corrected chi connectivity index (χ0v) is 49.6. The second kappa shape index (κ2) is 28.0. The highest BCUT2D eigenvalue weighted by atomic mass is 35.5. The van der Waals surface area contributed by atoms with Crippen LogP contribution in [0, 0.1) is 0 Å². The molecule has 5 N–H and O–H groups in total. The summed E-state index contributed by atoms with van der Waals surface area (Å²) in [5.41, 5.74) is -0.716.